The van der Waals surface area contributed by atoms with Crippen molar-refractivity contribution in [2.45, 2.75) is 11.3 Å². The Kier molecular flexibility index (Phi) is 5.41. The van der Waals surface area contributed by atoms with E-state index in [1.54, 1.807) is 0 Å². The molecule has 9 heteroatoms. The number of fused-ring (bicyclic) bond motifs is 1. The van der Waals surface area contributed by atoms with Crippen LogP contribution in [0.5, 0.6) is 23.0 Å². The van der Waals surface area contributed by atoms with Gasteiger partial charge in [0.15, 0.2) is 17.2 Å². The van der Waals surface area contributed by atoms with Crippen molar-refractivity contribution in [2.24, 2.45) is 0 Å². The van der Waals surface area contributed by atoms with E-state index in [2.05, 4.69) is 4.74 Å². The molecule has 8 nitrogen and oxygen atoms in total. The molecule has 0 unspecified atom stereocenters. The average Bonchev–Trinajstić information content (AvgIpc) is 2.91. The van der Waals surface area contributed by atoms with Crippen LogP contribution in [0.1, 0.15) is 16.8 Å². The Balaban J connectivity index is 1.97. The number of carbonyl (C=O) groups excluding carboxylic acids is 1. The van der Waals surface area contributed by atoms with E-state index < -0.39 is 16.1 Å². The summed E-state index contributed by atoms with van der Waals surface area (Å²) in [5, 5.41) is 0. The average molecular weight is 394 g/mol. The highest BCUT2D eigenvalue weighted by atomic mass is 32.2. The van der Waals surface area contributed by atoms with Crippen molar-refractivity contribution in [3.63, 3.8) is 0 Å². The molecule has 0 spiro atoms. The van der Waals surface area contributed by atoms with Crippen LogP contribution >= 0.6 is 0 Å². The fraction of sp³-hybridized carbons (Fsp3) is 0.278. The Morgan fingerprint density at radius 1 is 1.00 bits per heavy atom. The summed E-state index contributed by atoms with van der Waals surface area (Å²) in [6.07, 6.45) is 0.694. The summed E-state index contributed by atoms with van der Waals surface area (Å²) in [6, 6.07) is 8.34. The molecule has 2 aromatic rings. The SMILES string of the molecule is COC(=O)c1ccc(OC)cc1OS(=O)(=O)c1ccc2c(c1)OCCCO2. The van der Waals surface area contributed by atoms with Gasteiger partial charge in [0, 0.05) is 18.6 Å². The van der Waals surface area contributed by atoms with Crippen LogP contribution in [0.2, 0.25) is 0 Å². The van der Waals surface area contributed by atoms with Crippen LogP contribution in [0.15, 0.2) is 41.3 Å². The van der Waals surface area contributed by atoms with E-state index in [0.29, 0.717) is 36.9 Å². The Labute approximate surface area is 156 Å². The number of rotatable bonds is 5. The van der Waals surface area contributed by atoms with Gasteiger partial charge in [-0.3, -0.25) is 0 Å². The van der Waals surface area contributed by atoms with Crippen molar-refractivity contribution in [2.75, 3.05) is 27.4 Å². The first-order valence-electron chi connectivity index (χ1n) is 8.05. The maximum absolute atomic E-state index is 12.7. The summed E-state index contributed by atoms with van der Waals surface area (Å²) >= 11 is 0. The molecule has 144 valence electrons. The number of hydrogen-bond donors (Lipinski definition) is 0. The molecule has 3 rings (SSSR count). The van der Waals surface area contributed by atoms with E-state index in [4.69, 9.17) is 18.4 Å². The summed E-state index contributed by atoms with van der Waals surface area (Å²) in [5.41, 5.74) is -0.0452. The minimum Gasteiger partial charge on any atom is -0.497 e. The Morgan fingerprint density at radius 3 is 2.44 bits per heavy atom. The molecule has 0 fully saturated rings. The quantitative estimate of drug-likeness (QED) is 0.563. The lowest BCUT2D eigenvalue weighted by Crippen LogP contribution is -2.13. The van der Waals surface area contributed by atoms with Gasteiger partial charge < -0.3 is 23.1 Å². The van der Waals surface area contributed by atoms with Gasteiger partial charge >= 0.3 is 16.1 Å². The van der Waals surface area contributed by atoms with Crippen molar-refractivity contribution in [3.8, 4) is 23.0 Å². The molecule has 0 aliphatic carbocycles. The van der Waals surface area contributed by atoms with Crippen molar-refractivity contribution >= 4 is 16.1 Å². The molecule has 0 amide bonds. The third kappa shape index (κ3) is 4.08. The zero-order valence-electron chi connectivity index (χ0n) is 14.8. The molecule has 1 aliphatic heterocycles. The van der Waals surface area contributed by atoms with Crippen LogP contribution in [-0.2, 0) is 14.9 Å². The highest BCUT2D eigenvalue weighted by molar-refractivity contribution is 7.87. The summed E-state index contributed by atoms with van der Waals surface area (Å²) in [7, 11) is -1.65. The van der Waals surface area contributed by atoms with E-state index in [0.717, 1.165) is 0 Å². The minimum atomic E-state index is -4.25. The molecule has 1 aliphatic rings. The van der Waals surface area contributed by atoms with Gasteiger partial charge in [-0.05, 0) is 24.3 Å². The normalized spacial score (nSPS) is 13.4. The van der Waals surface area contributed by atoms with Crippen LogP contribution in [0.25, 0.3) is 0 Å². The molecule has 1 heterocycles. The third-order valence-corrected chi connectivity index (χ3v) is 5.03. The second-order valence-corrected chi connectivity index (χ2v) is 7.10. The lowest BCUT2D eigenvalue weighted by molar-refractivity contribution is 0.0599. The summed E-state index contributed by atoms with van der Waals surface area (Å²) in [6.45, 7) is 0.904. The van der Waals surface area contributed by atoms with Crippen molar-refractivity contribution < 1.29 is 36.3 Å². The number of benzene rings is 2. The van der Waals surface area contributed by atoms with Gasteiger partial charge in [-0.1, -0.05) is 0 Å². The van der Waals surface area contributed by atoms with E-state index in [-0.39, 0.29) is 16.2 Å². The maximum atomic E-state index is 12.7. The topological polar surface area (TPSA) is 97.4 Å². The first-order valence-corrected chi connectivity index (χ1v) is 9.46. The fourth-order valence-corrected chi connectivity index (χ4v) is 3.40. The number of hydrogen-bond acceptors (Lipinski definition) is 8. The number of ether oxygens (including phenoxy) is 4. The van der Waals surface area contributed by atoms with Crippen LogP contribution in [0.3, 0.4) is 0 Å². The van der Waals surface area contributed by atoms with Gasteiger partial charge in [0.2, 0.25) is 0 Å². The highest BCUT2D eigenvalue weighted by Crippen LogP contribution is 2.34. The van der Waals surface area contributed by atoms with E-state index in [1.165, 1.54) is 50.6 Å². The number of esters is 1. The smallest absolute Gasteiger partial charge is 0.341 e. The molecule has 0 radical (unpaired) electrons. The Bertz CT molecular complexity index is 952. The summed E-state index contributed by atoms with van der Waals surface area (Å²) < 4.78 is 51.4. The maximum Gasteiger partial charge on any atom is 0.341 e. The predicted octanol–water partition coefficient (Wildman–Crippen LogP) is 2.41. The second-order valence-electron chi connectivity index (χ2n) is 5.55. The standard InChI is InChI=1S/C18H18O8S/c1-22-12-4-6-14(18(19)23-2)16(10-12)26-27(20,21)13-5-7-15-17(11-13)25-9-3-8-24-15/h4-7,10-11H,3,8-9H2,1-2H3. The lowest BCUT2D eigenvalue weighted by Gasteiger charge is -2.13. The second kappa shape index (κ2) is 7.75. The molecule has 0 atom stereocenters. The number of carbonyl (C=O) groups is 1. The minimum absolute atomic E-state index is 0.0452. The molecule has 2 aromatic carbocycles. The third-order valence-electron chi connectivity index (χ3n) is 3.80. The zero-order chi connectivity index (χ0) is 19.4. The molecular weight excluding hydrogens is 376 g/mol. The van der Waals surface area contributed by atoms with Crippen LogP contribution in [-0.4, -0.2) is 41.8 Å². The first kappa shape index (κ1) is 18.8. The predicted molar refractivity (Wildman–Crippen MR) is 94.2 cm³/mol. The van der Waals surface area contributed by atoms with Gasteiger partial charge in [0.25, 0.3) is 0 Å². The number of methoxy groups -OCH3 is 2. The molecule has 0 aromatic heterocycles. The highest BCUT2D eigenvalue weighted by Gasteiger charge is 2.24. The fourth-order valence-electron chi connectivity index (χ4n) is 2.44. The van der Waals surface area contributed by atoms with Gasteiger partial charge in [0.05, 0.1) is 27.4 Å². The van der Waals surface area contributed by atoms with Gasteiger partial charge in [-0.2, -0.15) is 8.42 Å². The van der Waals surface area contributed by atoms with Crippen LogP contribution in [0, 0.1) is 0 Å². The Hall–Kier alpha value is -2.94. The van der Waals surface area contributed by atoms with E-state index in [9.17, 15) is 13.2 Å². The first-order chi connectivity index (χ1) is 12.9. The lowest BCUT2D eigenvalue weighted by atomic mass is 10.2. The van der Waals surface area contributed by atoms with Gasteiger partial charge in [0.1, 0.15) is 16.2 Å². The molecule has 27 heavy (non-hydrogen) atoms. The molecule has 0 saturated carbocycles. The van der Waals surface area contributed by atoms with Gasteiger partial charge in [-0.15, -0.1) is 0 Å². The van der Waals surface area contributed by atoms with Crippen molar-refractivity contribution in [3.05, 3.63) is 42.0 Å². The summed E-state index contributed by atoms with van der Waals surface area (Å²) in [4.78, 5) is 11.8. The molecular formula is C18H18O8S. The molecule has 0 N–H and O–H groups in total. The van der Waals surface area contributed by atoms with Crippen molar-refractivity contribution in [1.29, 1.82) is 0 Å². The van der Waals surface area contributed by atoms with E-state index >= 15 is 0 Å². The van der Waals surface area contributed by atoms with Gasteiger partial charge in [-0.25, -0.2) is 4.79 Å². The molecule has 0 saturated heterocycles. The monoisotopic (exact) mass is 394 g/mol. The van der Waals surface area contributed by atoms with Crippen LogP contribution < -0.4 is 18.4 Å². The largest absolute Gasteiger partial charge is 0.497 e. The molecule has 0 bridgehead atoms. The van der Waals surface area contributed by atoms with Crippen molar-refractivity contribution in [1.82, 2.24) is 0 Å². The zero-order valence-corrected chi connectivity index (χ0v) is 15.6. The van der Waals surface area contributed by atoms with E-state index in [1.807, 2.05) is 0 Å². The Morgan fingerprint density at radius 2 is 1.74 bits per heavy atom. The van der Waals surface area contributed by atoms with Crippen LogP contribution in [0.4, 0.5) is 0 Å². The summed E-state index contributed by atoms with van der Waals surface area (Å²) in [5.74, 6) is 0.167.